The fourth-order valence-corrected chi connectivity index (χ4v) is 4.27. The molecule has 0 aromatic heterocycles. The lowest BCUT2D eigenvalue weighted by atomic mass is 10.0. The van der Waals surface area contributed by atoms with Crippen LogP contribution in [0.4, 0.5) is 17.6 Å². The van der Waals surface area contributed by atoms with Crippen molar-refractivity contribution in [1.29, 1.82) is 0 Å². The molecule has 0 unspecified atom stereocenters. The minimum absolute atomic E-state index is 0.00114. The number of amides is 1. The van der Waals surface area contributed by atoms with E-state index in [0.717, 1.165) is 43.4 Å². The summed E-state index contributed by atoms with van der Waals surface area (Å²) >= 11 is 0. The Balaban J connectivity index is 1.45. The summed E-state index contributed by atoms with van der Waals surface area (Å²) in [4.78, 5) is 20.4. The predicted molar refractivity (Wildman–Crippen MR) is 111 cm³/mol. The van der Waals surface area contributed by atoms with Crippen molar-refractivity contribution in [3.8, 4) is 0 Å². The van der Waals surface area contributed by atoms with Gasteiger partial charge in [-0.3, -0.25) is 4.79 Å². The van der Waals surface area contributed by atoms with Crippen molar-refractivity contribution in [3.05, 3.63) is 71.0 Å². The summed E-state index contributed by atoms with van der Waals surface area (Å²) in [6.07, 6.45) is -0.646. The first-order chi connectivity index (χ1) is 15.3. The van der Waals surface area contributed by atoms with Gasteiger partial charge in [-0.2, -0.15) is 13.2 Å². The van der Waals surface area contributed by atoms with Crippen LogP contribution >= 0.6 is 0 Å². The molecule has 170 valence electrons. The van der Waals surface area contributed by atoms with Crippen molar-refractivity contribution in [3.63, 3.8) is 0 Å². The quantitative estimate of drug-likeness (QED) is 0.544. The molecule has 0 saturated heterocycles. The van der Waals surface area contributed by atoms with Gasteiger partial charge in [-0.15, -0.1) is 0 Å². The van der Waals surface area contributed by atoms with Gasteiger partial charge in [-0.05, 0) is 48.2 Å². The second-order valence-corrected chi connectivity index (χ2v) is 8.37. The molecule has 1 amide bonds. The number of benzene rings is 2. The van der Waals surface area contributed by atoms with Gasteiger partial charge in [0, 0.05) is 18.9 Å². The molecule has 8 heteroatoms. The van der Waals surface area contributed by atoms with Crippen molar-refractivity contribution in [2.45, 2.75) is 50.9 Å². The highest BCUT2D eigenvalue weighted by molar-refractivity contribution is 6.01. The van der Waals surface area contributed by atoms with Crippen LogP contribution in [0.25, 0.3) is 0 Å². The van der Waals surface area contributed by atoms with Crippen LogP contribution < -0.4 is 0 Å². The molecule has 0 radical (unpaired) electrons. The number of rotatable bonds is 6. The van der Waals surface area contributed by atoms with Gasteiger partial charge in [0.25, 0.3) is 0 Å². The Morgan fingerprint density at radius 2 is 1.69 bits per heavy atom. The second kappa shape index (κ2) is 9.30. The zero-order chi connectivity index (χ0) is 22.7. The Bertz CT molecular complexity index is 965. The molecule has 1 fully saturated rings. The minimum Gasteiger partial charge on any atom is -0.390 e. The predicted octanol–water partition coefficient (Wildman–Crippen LogP) is 5.56. The molecule has 1 aliphatic carbocycles. The van der Waals surface area contributed by atoms with E-state index in [1.165, 1.54) is 24.3 Å². The van der Waals surface area contributed by atoms with Crippen LogP contribution in [-0.2, 0) is 22.4 Å². The van der Waals surface area contributed by atoms with Gasteiger partial charge >= 0.3 is 6.18 Å². The SMILES string of the molecule is O=C(C1CCCC1)N(Cc1ccc(C(F)(F)F)cc1)C[C@H]1CC(c2ccc(F)cc2)=NO1. The first-order valence-corrected chi connectivity index (χ1v) is 10.7. The number of carbonyl (C=O) groups is 1. The van der Waals surface area contributed by atoms with Gasteiger partial charge in [0.05, 0.1) is 17.8 Å². The molecule has 4 rings (SSSR count). The maximum Gasteiger partial charge on any atom is 0.416 e. The molecule has 1 aliphatic heterocycles. The van der Waals surface area contributed by atoms with E-state index in [4.69, 9.17) is 4.84 Å². The highest BCUT2D eigenvalue weighted by Crippen LogP contribution is 2.31. The van der Waals surface area contributed by atoms with E-state index in [9.17, 15) is 22.4 Å². The molecular formula is C24H24F4N2O2. The topological polar surface area (TPSA) is 41.9 Å². The maximum absolute atomic E-state index is 13.2. The molecule has 0 spiro atoms. The summed E-state index contributed by atoms with van der Waals surface area (Å²) in [6, 6.07) is 10.9. The third-order valence-electron chi connectivity index (χ3n) is 6.01. The number of halogens is 4. The summed E-state index contributed by atoms with van der Waals surface area (Å²) in [7, 11) is 0. The van der Waals surface area contributed by atoms with E-state index in [-0.39, 0.29) is 36.8 Å². The molecule has 0 N–H and O–H groups in total. The second-order valence-electron chi connectivity index (χ2n) is 8.37. The zero-order valence-corrected chi connectivity index (χ0v) is 17.4. The van der Waals surface area contributed by atoms with Crippen LogP contribution in [0.3, 0.4) is 0 Å². The summed E-state index contributed by atoms with van der Waals surface area (Å²) in [6.45, 7) is 0.490. The summed E-state index contributed by atoms with van der Waals surface area (Å²) < 4.78 is 51.8. The van der Waals surface area contributed by atoms with E-state index < -0.39 is 11.7 Å². The van der Waals surface area contributed by atoms with Crippen molar-refractivity contribution in [2.75, 3.05) is 6.54 Å². The van der Waals surface area contributed by atoms with Crippen molar-refractivity contribution >= 4 is 11.6 Å². The van der Waals surface area contributed by atoms with E-state index in [1.54, 1.807) is 17.0 Å². The van der Waals surface area contributed by atoms with Crippen LogP contribution in [0.5, 0.6) is 0 Å². The van der Waals surface area contributed by atoms with E-state index in [1.807, 2.05) is 0 Å². The Morgan fingerprint density at radius 1 is 1.03 bits per heavy atom. The third-order valence-corrected chi connectivity index (χ3v) is 6.01. The molecule has 1 heterocycles. The van der Waals surface area contributed by atoms with Gasteiger partial charge in [-0.1, -0.05) is 42.3 Å². The van der Waals surface area contributed by atoms with Crippen LogP contribution in [0, 0.1) is 11.7 Å². The fourth-order valence-electron chi connectivity index (χ4n) is 4.27. The van der Waals surface area contributed by atoms with E-state index in [0.29, 0.717) is 17.7 Å². The smallest absolute Gasteiger partial charge is 0.390 e. The normalized spacial score (nSPS) is 19.0. The van der Waals surface area contributed by atoms with Crippen molar-refractivity contribution in [1.82, 2.24) is 4.90 Å². The lowest BCUT2D eigenvalue weighted by Gasteiger charge is -2.27. The molecular weight excluding hydrogens is 424 g/mol. The summed E-state index contributed by atoms with van der Waals surface area (Å²) in [5, 5.41) is 4.10. The first kappa shape index (κ1) is 22.3. The van der Waals surface area contributed by atoms with Gasteiger partial charge in [0.2, 0.25) is 5.91 Å². The van der Waals surface area contributed by atoms with Gasteiger partial charge in [0.1, 0.15) is 5.82 Å². The van der Waals surface area contributed by atoms with Crippen LogP contribution in [0.15, 0.2) is 53.7 Å². The Labute approximate surface area is 183 Å². The fraction of sp³-hybridized carbons (Fsp3) is 0.417. The van der Waals surface area contributed by atoms with Gasteiger partial charge in [0.15, 0.2) is 6.10 Å². The number of oxime groups is 1. The van der Waals surface area contributed by atoms with Crippen LogP contribution in [-0.4, -0.2) is 29.2 Å². The average molecular weight is 448 g/mol. The first-order valence-electron chi connectivity index (χ1n) is 10.7. The monoisotopic (exact) mass is 448 g/mol. The maximum atomic E-state index is 13.2. The number of carbonyl (C=O) groups excluding carboxylic acids is 1. The number of nitrogens with zero attached hydrogens (tertiary/aromatic N) is 2. The number of hydrogen-bond acceptors (Lipinski definition) is 3. The highest BCUT2D eigenvalue weighted by atomic mass is 19.4. The van der Waals surface area contributed by atoms with Crippen molar-refractivity contribution in [2.24, 2.45) is 11.1 Å². The molecule has 4 nitrogen and oxygen atoms in total. The number of alkyl halides is 3. The van der Waals surface area contributed by atoms with Gasteiger partial charge < -0.3 is 9.74 Å². The summed E-state index contributed by atoms with van der Waals surface area (Å²) in [5.41, 5.74) is 1.34. The largest absolute Gasteiger partial charge is 0.416 e. The molecule has 0 bridgehead atoms. The number of hydrogen-bond donors (Lipinski definition) is 0. The standard InChI is InChI=1S/C24H24F4N2O2/c25-20-11-7-17(8-12-20)22-13-21(32-29-22)15-30(23(31)18-3-1-2-4-18)14-16-5-9-19(10-6-16)24(26,27)28/h5-12,18,21H,1-4,13-15H2/t21-/m1/s1. The lowest BCUT2D eigenvalue weighted by molar-refractivity contribution is -0.138. The molecule has 2 aromatic rings. The Morgan fingerprint density at radius 3 is 2.31 bits per heavy atom. The lowest BCUT2D eigenvalue weighted by Crippen LogP contribution is -2.40. The molecule has 1 atom stereocenters. The molecule has 1 saturated carbocycles. The van der Waals surface area contributed by atoms with E-state index >= 15 is 0 Å². The van der Waals surface area contributed by atoms with Crippen LogP contribution in [0.1, 0.15) is 48.8 Å². The molecule has 32 heavy (non-hydrogen) atoms. The van der Waals surface area contributed by atoms with Gasteiger partial charge in [-0.25, -0.2) is 4.39 Å². The van der Waals surface area contributed by atoms with Crippen molar-refractivity contribution < 1.29 is 27.2 Å². The van der Waals surface area contributed by atoms with Crippen LogP contribution in [0.2, 0.25) is 0 Å². The summed E-state index contributed by atoms with van der Waals surface area (Å²) in [5.74, 6) is -0.403. The third kappa shape index (κ3) is 5.29. The Hall–Kier alpha value is -2.90. The Kier molecular flexibility index (Phi) is 6.48. The van der Waals surface area contributed by atoms with E-state index in [2.05, 4.69) is 5.16 Å². The molecule has 2 aliphatic rings. The zero-order valence-electron chi connectivity index (χ0n) is 17.4. The minimum atomic E-state index is -4.40. The highest BCUT2D eigenvalue weighted by Gasteiger charge is 2.33. The molecule has 2 aromatic carbocycles. The average Bonchev–Trinajstić information content (AvgIpc) is 3.46.